The number of hydrogen-bond acceptors (Lipinski definition) is 3. The molecular formula is C28H26ClN3O. The fraction of sp³-hybridized carbons (Fsp3) is 0.321. The summed E-state index contributed by atoms with van der Waals surface area (Å²) in [5.41, 5.74) is 7.31. The van der Waals surface area contributed by atoms with Gasteiger partial charge in [-0.15, -0.1) is 0 Å². The third-order valence-electron chi connectivity index (χ3n) is 7.99. The van der Waals surface area contributed by atoms with E-state index in [1.807, 2.05) is 24.5 Å². The summed E-state index contributed by atoms with van der Waals surface area (Å²) in [6, 6.07) is 19.4. The van der Waals surface area contributed by atoms with Crippen LogP contribution in [0, 0.1) is 0 Å². The van der Waals surface area contributed by atoms with Gasteiger partial charge in [0.25, 0.3) is 0 Å². The lowest BCUT2D eigenvalue weighted by atomic mass is 9.80. The van der Waals surface area contributed by atoms with Gasteiger partial charge in [0.15, 0.2) is 0 Å². The van der Waals surface area contributed by atoms with E-state index in [1.54, 1.807) is 0 Å². The first-order valence-electron chi connectivity index (χ1n) is 11.9. The van der Waals surface area contributed by atoms with Gasteiger partial charge in [0.05, 0.1) is 12.3 Å². The zero-order chi connectivity index (χ0) is 22.2. The van der Waals surface area contributed by atoms with E-state index >= 15 is 0 Å². The first kappa shape index (κ1) is 19.6. The zero-order valence-electron chi connectivity index (χ0n) is 18.4. The molecule has 1 saturated carbocycles. The fourth-order valence-corrected chi connectivity index (χ4v) is 6.37. The van der Waals surface area contributed by atoms with Gasteiger partial charge in [-0.25, -0.2) is 4.98 Å². The van der Waals surface area contributed by atoms with Gasteiger partial charge < -0.3 is 10.0 Å². The van der Waals surface area contributed by atoms with Crippen molar-refractivity contribution in [3.8, 4) is 11.1 Å². The van der Waals surface area contributed by atoms with E-state index in [0.717, 1.165) is 43.0 Å². The molecule has 0 amide bonds. The molecule has 1 spiro atoms. The van der Waals surface area contributed by atoms with Crippen molar-refractivity contribution in [1.82, 2.24) is 9.38 Å². The molecule has 5 heteroatoms. The average molecular weight is 456 g/mol. The second kappa shape index (κ2) is 7.09. The highest BCUT2D eigenvalue weighted by molar-refractivity contribution is 6.30. The fourth-order valence-electron chi connectivity index (χ4n) is 6.22. The highest BCUT2D eigenvalue weighted by Gasteiger charge is 2.48. The molecule has 2 unspecified atom stereocenters. The summed E-state index contributed by atoms with van der Waals surface area (Å²) in [6.45, 7) is 1.85. The van der Waals surface area contributed by atoms with E-state index in [2.05, 4.69) is 56.7 Å². The van der Waals surface area contributed by atoms with Crippen LogP contribution in [-0.4, -0.2) is 27.6 Å². The molecule has 4 nitrogen and oxygen atoms in total. The van der Waals surface area contributed by atoms with Crippen molar-refractivity contribution < 1.29 is 5.11 Å². The maximum atomic E-state index is 11.1. The van der Waals surface area contributed by atoms with Crippen molar-refractivity contribution in [2.45, 2.75) is 43.1 Å². The quantitative estimate of drug-likeness (QED) is 0.404. The highest BCUT2D eigenvalue weighted by atomic mass is 35.5. The van der Waals surface area contributed by atoms with Crippen molar-refractivity contribution in [1.29, 1.82) is 0 Å². The molecule has 2 fully saturated rings. The predicted octanol–water partition coefficient (Wildman–Crippen LogP) is 6.12. The van der Waals surface area contributed by atoms with Gasteiger partial charge in [-0.05, 0) is 71.6 Å². The van der Waals surface area contributed by atoms with Crippen LogP contribution in [0.4, 0.5) is 5.82 Å². The van der Waals surface area contributed by atoms with E-state index in [1.165, 1.54) is 35.1 Å². The monoisotopic (exact) mass is 455 g/mol. The summed E-state index contributed by atoms with van der Waals surface area (Å²) in [4.78, 5) is 6.97. The minimum Gasteiger partial charge on any atom is -0.388 e. The van der Waals surface area contributed by atoms with E-state index < -0.39 is 6.10 Å². The number of aliphatic hydroxyl groups is 1. The molecule has 1 aliphatic heterocycles. The maximum absolute atomic E-state index is 11.1. The van der Waals surface area contributed by atoms with Crippen molar-refractivity contribution >= 4 is 23.1 Å². The molecule has 7 rings (SSSR count). The molecule has 2 aromatic carbocycles. The molecule has 0 bridgehead atoms. The van der Waals surface area contributed by atoms with Crippen LogP contribution in [0.2, 0.25) is 5.02 Å². The summed E-state index contributed by atoms with van der Waals surface area (Å²) >= 11 is 6.15. The number of pyridine rings is 1. The smallest absolute Gasteiger partial charge is 0.139 e. The van der Waals surface area contributed by atoms with Gasteiger partial charge in [-0.3, -0.25) is 4.40 Å². The number of aromatic nitrogens is 2. The van der Waals surface area contributed by atoms with Crippen LogP contribution in [-0.2, 0) is 5.41 Å². The van der Waals surface area contributed by atoms with Gasteiger partial charge in [0.1, 0.15) is 11.5 Å². The molecule has 3 aliphatic rings. The highest BCUT2D eigenvalue weighted by Crippen LogP contribution is 2.52. The molecule has 2 aromatic heterocycles. The van der Waals surface area contributed by atoms with Crippen LogP contribution < -0.4 is 4.90 Å². The van der Waals surface area contributed by atoms with Crippen molar-refractivity contribution in [3.63, 3.8) is 0 Å². The summed E-state index contributed by atoms with van der Waals surface area (Å²) in [6.07, 6.45) is 7.93. The Balaban J connectivity index is 1.24. The molecule has 33 heavy (non-hydrogen) atoms. The normalized spacial score (nSPS) is 24.2. The zero-order valence-corrected chi connectivity index (χ0v) is 19.2. The number of imidazole rings is 1. The maximum Gasteiger partial charge on any atom is 0.139 e. The Bertz CT molecular complexity index is 1390. The molecule has 2 atom stereocenters. The molecule has 3 heterocycles. The summed E-state index contributed by atoms with van der Waals surface area (Å²) < 4.78 is 2.11. The van der Waals surface area contributed by atoms with E-state index in [0.29, 0.717) is 10.9 Å². The number of halogens is 1. The molecule has 1 saturated heterocycles. The molecule has 1 N–H and O–H groups in total. The second-order valence-corrected chi connectivity index (χ2v) is 10.5. The van der Waals surface area contributed by atoms with Crippen LogP contribution in [0.15, 0.2) is 67.0 Å². The standard InChI is InChI=1S/C28H26ClN3O/c29-20-9-11-32-26(14-20)30-16-27(32)31-12-10-28(17-31)15-25(33)23-13-19(7-8-24(23)28)22-4-2-1-3-21(22)18-5-6-18/h1-4,7-9,11,13-14,16,18,25,33H,5-6,10,12,15,17H2. The van der Waals surface area contributed by atoms with E-state index in [-0.39, 0.29) is 5.41 Å². The molecule has 2 aliphatic carbocycles. The Kier molecular flexibility index (Phi) is 4.22. The summed E-state index contributed by atoms with van der Waals surface area (Å²) in [7, 11) is 0. The number of anilines is 1. The molecule has 0 radical (unpaired) electrons. The minimum atomic E-state index is -0.408. The van der Waals surface area contributed by atoms with Gasteiger partial charge >= 0.3 is 0 Å². The number of aliphatic hydroxyl groups excluding tert-OH is 1. The lowest BCUT2D eigenvalue weighted by molar-refractivity contribution is 0.158. The van der Waals surface area contributed by atoms with Gasteiger partial charge in [0, 0.05) is 35.8 Å². The number of fused-ring (bicyclic) bond motifs is 3. The van der Waals surface area contributed by atoms with E-state index in [9.17, 15) is 5.11 Å². The molecule has 4 aromatic rings. The number of nitrogens with zero attached hydrogens (tertiary/aromatic N) is 3. The average Bonchev–Trinajstić information content (AvgIpc) is 3.38. The van der Waals surface area contributed by atoms with Crippen LogP contribution >= 0.6 is 11.6 Å². The third-order valence-corrected chi connectivity index (χ3v) is 8.22. The minimum absolute atomic E-state index is 0.0140. The van der Waals surface area contributed by atoms with Crippen LogP contribution in [0.25, 0.3) is 16.8 Å². The summed E-state index contributed by atoms with van der Waals surface area (Å²) in [5.74, 6) is 1.80. The SMILES string of the molecule is OC1CC2(CCN(c3cnc4cc(Cl)ccn34)C2)c2ccc(-c3ccccc3C3CC3)cc21. The number of hydrogen-bond donors (Lipinski definition) is 1. The third kappa shape index (κ3) is 3.04. The van der Waals surface area contributed by atoms with Crippen molar-refractivity contribution in [3.05, 3.63) is 88.7 Å². The van der Waals surface area contributed by atoms with Gasteiger partial charge in [-0.2, -0.15) is 0 Å². The topological polar surface area (TPSA) is 40.8 Å². The van der Waals surface area contributed by atoms with Gasteiger partial charge in [0.2, 0.25) is 0 Å². The Labute approximate surface area is 198 Å². The van der Waals surface area contributed by atoms with Crippen LogP contribution in [0.1, 0.15) is 54.4 Å². The second-order valence-electron chi connectivity index (χ2n) is 10.0. The number of rotatable bonds is 3. The lowest BCUT2D eigenvalue weighted by Crippen LogP contribution is -2.29. The van der Waals surface area contributed by atoms with Crippen molar-refractivity contribution in [2.75, 3.05) is 18.0 Å². The molecule has 166 valence electrons. The predicted molar refractivity (Wildman–Crippen MR) is 132 cm³/mol. The Morgan fingerprint density at radius 3 is 2.79 bits per heavy atom. The summed E-state index contributed by atoms with van der Waals surface area (Å²) in [5, 5.41) is 11.8. The Morgan fingerprint density at radius 1 is 1.03 bits per heavy atom. The van der Waals surface area contributed by atoms with Crippen LogP contribution in [0.5, 0.6) is 0 Å². The van der Waals surface area contributed by atoms with Crippen LogP contribution in [0.3, 0.4) is 0 Å². The van der Waals surface area contributed by atoms with E-state index in [4.69, 9.17) is 11.6 Å². The Hall–Kier alpha value is -2.82. The number of benzene rings is 2. The lowest BCUT2D eigenvalue weighted by Gasteiger charge is -2.26. The first-order valence-corrected chi connectivity index (χ1v) is 12.3. The Morgan fingerprint density at radius 2 is 1.91 bits per heavy atom. The first-order chi connectivity index (χ1) is 16.1. The molecular weight excluding hydrogens is 430 g/mol. The van der Waals surface area contributed by atoms with Gasteiger partial charge in [-0.1, -0.05) is 48.0 Å². The van der Waals surface area contributed by atoms with Crippen molar-refractivity contribution in [2.24, 2.45) is 0 Å². The largest absolute Gasteiger partial charge is 0.388 e.